The summed E-state index contributed by atoms with van der Waals surface area (Å²) in [5, 5.41) is 10.5. The average molecular weight is 293 g/mol. The summed E-state index contributed by atoms with van der Waals surface area (Å²) in [6.07, 6.45) is 0. The van der Waals surface area contributed by atoms with Crippen LogP contribution < -0.4 is 4.74 Å². The molecule has 1 aliphatic heterocycles. The molecule has 1 aliphatic rings. The molecule has 2 rings (SSSR count). The van der Waals surface area contributed by atoms with Gasteiger partial charge in [0.1, 0.15) is 12.4 Å². The van der Waals surface area contributed by atoms with Crippen LogP contribution in [0.15, 0.2) is 24.3 Å². The van der Waals surface area contributed by atoms with Crippen LogP contribution in [0.25, 0.3) is 0 Å². The van der Waals surface area contributed by atoms with Crippen molar-refractivity contribution in [3.8, 4) is 5.75 Å². The summed E-state index contributed by atoms with van der Waals surface area (Å²) in [5.74, 6) is 0.750. The molecule has 0 N–H and O–H groups in total. The molecule has 0 unspecified atom stereocenters. The van der Waals surface area contributed by atoms with E-state index in [9.17, 15) is 14.9 Å². The minimum atomic E-state index is -0.432. The molecule has 1 aromatic carbocycles. The van der Waals surface area contributed by atoms with Gasteiger partial charge in [-0.1, -0.05) is 0 Å². The Hall–Kier alpha value is -2.15. The number of nitro groups is 1. The van der Waals surface area contributed by atoms with Gasteiger partial charge in [0.2, 0.25) is 5.91 Å². The highest BCUT2D eigenvalue weighted by molar-refractivity contribution is 5.73. The van der Waals surface area contributed by atoms with Crippen molar-refractivity contribution in [1.82, 2.24) is 9.80 Å². The van der Waals surface area contributed by atoms with E-state index in [0.717, 1.165) is 32.7 Å². The first-order valence-corrected chi connectivity index (χ1v) is 6.91. The van der Waals surface area contributed by atoms with Crippen LogP contribution in [0.4, 0.5) is 5.69 Å². The van der Waals surface area contributed by atoms with Crippen LogP contribution in [0.2, 0.25) is 0 Å². The zero-order chi connectivity index (χ0) is 15.2. The Labute approximate surface area is 123 Å². The van der Waals surface area contributed by atoms with Crippen molar-refractivity contribution in [2.24, 2.45) is 0 Å². The number of nitro benzene ring substituents is 1. The van der Waals surface area contributed by atoms with Crippen molar-refractivity contribution >= 4 is 11.6 Å². The molecule has 0 aromatic heterocycles. The van der Waals surface area contributed by atoms with Gasteiger partial charge in [-0.15, -0.1) is 0 Å². The molecule has 114 valence electrons. The third-order valence-corrected chi connectivity index (χ3v) is 3.54. The summed E-state index contributed by atoms with van der Waals surface area (Å²) in [4.78, 5) is 25.4. The fourth-order valence-corrected chi connectivity index (χ4v) is 2.24. The second-order valence-corrected chi connectivity index (χ2v) is 4.95. The summed E-state index contributed by atoms with van der Waals surface area (Å²) in [6.45, 7) is 6.11. The minimum Gasteiger partial charge on any atom is -0.492 e. The molecule has 1 saturated heterocycles. The van der Waals surface area contributed by atoms with Gasteiger partial charge in [0.25, 0.3) is 5.69 Å². The van der Waals surface area contributed by atoms with Crippen LogP contribution in [0.1, 0.15) is 6.92 Å². The number of hydrogen-bond donors (Lipinski definition) is 0. The molecule has 0 spiro atoms. The second-order valence-electron chi connectivity index (χ2n) is 4.95. The summed E-state index contributed by atoms with van der Waals surface area (Å²) in [6, 6.07) is 6.07. The summed E-state index contributed by atoms with van der Waals surface area (Å²) in [7, 11) is 0. The van der Waals surface area contributed by atoms with Crippen molar-refractivity contribution in [3.63, 3.8) is 0 Å². The van der Waals surface area contributed by atoms with Crippen LogP contribution in [-0.4, -0.2) is 60.0 Å². The van der Waals surface area contributed by atoms with Crippen molar-refractivity contribution in [1.29, 1.82) is 0 Å². The Balaban J connectivity index is 1.70. The predicted octanol–water partition coefficient (Wildman–Crippen LogP) is 1.14. The van der Waals surface area contributed by atoms with Gasteiger partial charge in [-0.25, -0.2) is 0 Å². The Morgan fingerprint density at radius 3 is 2.38 bits per heavy atom. The number of nitrogens with zero attached hydrogens (tertiary/aromatic N) is 3. The highest BCUT2D eigenvalue weighted by atomic mass is 16.6. The van der Waals surface area contributed by atoms with Gasteiger partial charge in [0.15, 0.2) is 0 Å². The lowest BCUT2D eigenvalue weighted by Gasteiger charge is -2.34. The second kappa shape index (κ2) is 7.03. The van der Waals surface area contributed by atoms with Crippen LogP contribution in [0, 0.1) is 10.1 Å². The standard InChI is InChI=1S/C14H19N3O4/c1-12(18)16-8-6-15(7-9-16)10-11-21-14-4-2-13(3-5-14)17(19)20/h2-5H,6-11H2,1H3. The molecular formula is C14H19N3O4. The van der Waals surface area contributed by atoms with E-state index < -0.39 is 4.92 Å². The van der Waals surface area contributed by atoms with Gasteiger partial charge >= 0.3 is 0 Å². The summed E-state index contributed by atoms with van der Waals surface area (Å²) >= 11 is 0. The maximum absolute atomic E-state index is 11.2. The number of ether oxygens (including phenoxy) is 1. The van der Waals surface area contributed by atoms with Crippen LogP contribution >= 0.6 is 0 Å². The van der Waals surface area contributed by atoms with Crippen LogP contribution in [0.3, 0.4) is 0 Å². The van der Waals surface area contributed by atoms with Gasteiger partial charge in [0, 0.05) is 51.8 Å². The number of benzene rings is 1. The minimum absolute atomic E-state index is 0.0581. The molecule has 0 radical (unpaired) electrons. The molecule has 0 atom stereocenters. The Kier molecular flexibility index (Phi) is 5.10. The highest BCUT2D eigenvalue weighted by Crippen LogP contribution is 2.17. The molecule has 7 nitrogen and oxygen atoms in total. The molecule has 1 aromatic rings. The van der Waals surface area contributed by atoms with E-state index >= 15 is 0 Å². The van der Waals surface area contributed by atoms with E-state index in [4.69, 9.17) is 4.74 Å². The molecule has 0 saturated carbocycles. The smallest absolute Gasteiger partial charge is 0.269 e. The number of carbonyl (C=O) groups excluding carboxylic acids is 1. The fraction of sp³-hybridized carbons (Fsp3) is 0.500. The molecular weight excluding hydrogens is 274 g/mol. The van der Waals surface area contributed by atoms with E-state index in [-0.39, 0.29) is 11.6 Å². The Morgan fingerprint density at radius 2 is 1.86 bits per heavy atom. The number of amides is 1. The first-order valence-electron chi connectivity index (χ1n) is 6.91. The highest BCUT2D eigenvalue weighted by Gasteiger charge is 2.18. The van der Waals surface area contributed by atoms with Crippen molar-refractivity contribution in [2.75, 3.05) is 39.3 Å². The normalized spacial score (nSPS) is 15.8. The lowest BCUT2D eigenvalue weighted by molar-refractivity contribution is -0.384. The zero-order valence-electron chi connectivity index (χ0n) is 12.0. The van der Waals surface area contributed by atoms with Gasteiger partial charge in [-0.05, 0) is 12.1 Å². The predicted molar refractivity (Wildman–Crippen MR) is 77.3 cm³/mol. The molecule has 21 heavy (non-hydrogen) atoms. The first-order chi connectivity index (χ1) is 10.1. The Morgan fingerprint density at radius 1 is 1.24 bits per heavy atom. The maximum Gasteiger partial charge on any atom is 0.269 e. The van der Waals surface area contributed by atoms with Crippen LogP contribution in [-0.2, 0) is 4.79 Å². The molecule has 7 heteroatoms. The molecule has 1 heterocycles. The fourth-order valence-electron chi connectivity index (χ4n) is 2.24. The van der Waals surface area contributed by atoms with Crippen LogP contribution in [0.5, 0.6) is 5.75 Å². The van der Waals surface area contributed by atoms with E-state index in [1.54, 1.807) is 19.1 Å². The first kappa shape index (κ1) is 15.2. The largest absolute Gasteiger partial charge is 0.492 e. The third kappa shape index (κ3) is 4.42. The van der Waals surface area contributed by atoms with E-state index in [2.05, 4.69) is 4.90 Å². The number of rotatable bonds is 5. The quantitative estimate of drug-likeness (QED) is 0.601. The molecule has 0 aliphatic carbocycles. The number of piperazine rings is 1. The van der Waals surface area contributed by atoms with Crippen molar-refractivity contribution < 1.29 is 14.5 Å². The number of non-ortho nitro benzene ring substituents is 1. The number of hydrogen-bond acceptors (Lipinski definition) is 5. The zero-order valence-corrected chi connectivity index (χ0v) is 12.0. The molecule has 0 bridgehead atoms. The third-order valence-electron chi connectivity index (χ3n) is 3.54. The lowest BCUT2D eigenvalue weighted by Crippen LogP contribution is -2.48. The van der Waals surface area contributed by atoms with E-state index in [1.165, 1.54) is 12.1 Å². The lowest BCUT2D eigenvalue weighted by atomic mass is 10.3. The van der Waals surface area contributed by atoms with Gasteiger partial charge in [-0.2, -0.15) is 0 Å². The molecule has 1 amide bonds. The van der Waals surface area contributed by atoms with E-state index in [0.29, 0.717) is 12.4 Å². The number of carbonyl (C=O) groups is 1. The van der Waals surface area contributed by atoms with Gasteiger partial charge < -0.3 is 9.64 Å². The topological polar surface area (TPSA) is 75.9 Å². The average Bonchev–Trinajstić information content (AvgIpc) is 2.48. The molecule has 1 fully saturated rings. The summed E-state index contributed by atoms with van der Waals surface area (Å²) < 4.78 is 5.57. The monoisotopic (exact) mass is 293 g/mol. The Bertz CT molecular complexity index is 495. The maximum atomic E-state index is 11.2. The van der Waals surface area contributed by atoms with Gasteiger partial charge in [-0.3, -0.25) is 19.8 Å². The SMILES string of the molecule is CC(=O)N1CCN(CCOc2ccc([N+](=O)[O-])cc2)CC1. The summed E-state index contributed by atoms with van der Waals surface area (Å²) in [5.41, 5.74) is 0.0581. The van der Waals surface area contributed by atoms with E-state index in [1.807, 2.05) is 4.90 Å². The van der Waals surface area contributed by atoms with Crippen molar-refractivity contribution in [3.05, 3.63) is 34.4 Å². The van der Waals surface area contributed by atoms with Gasteiger partial charge in [0.05, 0.1) is 4.92 Å². The van der Waals surface area contributed by atoms with Crippen molar-refractivity contribution in [2.45, 2.75) is 6.92 Å².